The predicted molar refractivity (Wildman–Crippen MR) is 109 cm³/mol. The van der Waals surface area contributed by atoms with Crippen LogP contribution in [0.4, 0.5) is 4.79 Å². The van der Waals surface area contributed by atoms with E-state index in [1.165, 1.54) is 4.90 Å². The Morgan fingerprint density at radius 3 is 2.64 bits per heavy atom. The number of nitrogens with zero attached hydrogens (tertiary/aromatic N) is 2. The SMILES string of the molecule is CCN1C(=O)[C@H]2Cc3c([nH]c4ccccc34)[C@@H](c3ccc(Cl)c(Cl)c3)N2C1=O. The van der Waals surface area contributed by atoms with Crippen LogP contribution in [-0.2, 0) is 11.2 Å². The molecule has 0 spiro atoms. The summed E-state index contributed by atoms with van der Waals surface area (Å²) < 4.78 is 0. The molecule has 3 heterocycles. The summed E-state index contributed by atoms with van der Waals surface area (Å²) in [4.78, 5) is 32.5. The number of urea groups is 1. The Labute approximate surface area is 171 Å². The van der Waals surface area contributed by atoms with Gasteiger partial charge in [0.2, 0.25) is 0 Å². The average molecular weight is 414 g/mol. The standard InChI is InChI=1S/C21H17Cl2N3O2/c1-2-25-20(27)17-10-13-12-5-3-4-6-16(12)24-18(13)19(26(17)21(25)28)11-7-8-14(22)15(23)9-11/h3-9,17,19,24H,2,10H2,1H3/t17-,19-/m1/s1. The van der Waals surface area contributed by atoms with Gasteiger partial charge in [-0.1, -0.05) is 47.5 Å². The summed E-state index contributed by atoms with van der Waals surface area (Å²) in [5.41, 5.74) is 3.82. The second-order valence-electron chi connectivity index (χ2n) is 7.13. The normalized spacial score (nSPS) is 21.4. The van der Waals surface area contributed by atoms with Crippen LogP contribution in [0.5, 0.6) is 0 Å². The zero-order valence-corrected chi connectivity index (χ0v) is 16.6. The Bertz CT molecular complexity index is 1140. The van der Waals surface area contributed by atoms with Gasteiger partial charge in [-0.05, 0) is 36.2 Å². The molecule has 2 aromatic carbocycles. The van der Waals surface area contributed by atoms with E-state index in [1.54, 1.807) is 17.0 Å². The Kier molecular flexibility index (Phi) is 3.93. The van der Waals surface area contributed by atoms with Crippen LogP contribution in [0.1, 0.15) is 29.8 Å². The minimum atomic E-state index is -0.515. The number of para-hydroxylation sites is 1. The summed E-state index contributed by atoms with van der Waals surface area (Å²) in [7, 11) is 0. The van der Waals surface area contributed by atoms with Gasteiger partial charge in [0, 0.05) is 29.6 Å². The van der Waals surface area contributed by atoms with Gasteiger partial charge in [-0.3, -0.25) is 14.6 Å². The zero-order chi connectivity index (χ0) is 19.6. The van der Waals surface area contributed by atoms with Crippen molar-refractivity contribution in [1.82, 2.24) is 14.8 Å². The summed E-state index contributed by atoms with van der Waals surface area (Å²) in [6.07, 6.45) is 0.498. The number of aromatic nitrogens is 1. The Morgan fingerprint density at radius 2 is 1.89 bits per heavy atom. The topological polar surface area (TPSA) is 56.4 Å². The van der Waals surface area contributed by atoms with Crippen LogP contribution in [0.3, 0.4) is 0 Å². The van der Waals surface area contributed by atoms with E-state index in [0.717, 1.165) is 27.7 Å². The first kappa shape index (κ1) is 17.6. The Hall–Kier alpha value is -2.50. The van der Waals surface area contributed by atoms with Crippen LogP contribution in [0.2, 0.25) is 10.0 Å². The van der Waals surface area contributed by atoms with Gasteiger partial charge >= 0.3 is 6.03 Å². The lowest BCUT2D eigenvalue weighted by atomic mass is 9.89. The van der Waals surface area contributed by atoms with Crippen molar-refractivity contribution >= 4 is 46.0 Å². The van der Waals surface area contributed by atoms with Gasteiger partial charge < -0.3 is 4.98 Å². The molecule has 1 fully saturated rings. The van der Waals surface area contributed by atoms with Crippen molar-refractivity contribution in [1.29, 1.82) is 0 Å². The molecule has 3 aromatic rings. The van der Waals surface area contributed by atoms with Gasteiger partial charge in [-0.25, -0.2) is 4.79 Å². The number of carbonyl (C=O) groups is 2. The van der Waals surface area contributed by atoms with Gasteiger partial charge in [0.05, 0.1) is 10.0 Å². The number of fused-ring (bicyclic) bond motifs is 4. The highest BCUT2D eigenvalue weighted by Crippen LogP contribution is 2.44. The smallest absolute Gasteiger partial charge is 0.328 e. The van der Waals surface area contributed by atoms with Gasteiger partial charge in [0.1, 0.15) is 12.1 Å². The monoisotopic (exact) mass is 413 g/mol. The number of amides is 3. The molecule has 142 valence electrons. The summed E-state index contributed by atoms with van der Waals surface area (Å²) in [6, 6.07) is 12.2. The minimum absolute atomic E-state index is 0.145. The molecule has 28 heavy (non-hydrogen) atoms. The number of hydrogen-bond donors (Lipinski definition) is 1. The Balaban J connectivity index is 1.77. The van der Waals surface area contributed by atoms with E-state index in [0.29, 0.717) is 23.0 Å². The fourth-order valence-electron chi connectivity index (χ4n) is 4.45. The van der Waals surface area contributed by atoms with E-state index in [2.05, 4.69) is 4.98 Å². The maximum atomic E-state index is 13.1. The molecule has 0 radical (unpaired) electrons. The van der Waals surface area contributed by atoms with E-state index >= 15 is 0 Å². The second kappa shape index (κ2) is 6.26. The highest BCUT2D eigenvalue weighted by atomic mass is 35.5. The second-order valence-corrected chi connectivity index (χ2v) is 7.95. The van der Waals surface area contributed by atoms with Crippen molar-refractivity contribution in [3.8, 4) is 0 Å². The van der Waals surface area contributed by atoms with Gasteiger partial charge in [-0.15, -0.1) is 0 Å². The molecule has 1 saturated heterocycles. The summed E-state index contributed by atoms with van der Waals surface area (Å²) in [5.74, 6) is -0.145. The third-order valence-electron chi connectivity index (χ3n) is 5.71. The molecule has 0 unspecified atom stereocenters. The van der Waals surface area contributed by atoms with Gasteiger partial charge in [-0.2, -0.15) is 0 Å². The lowest BCUT2D eigenvalue weighted by Gasteiger charge is -2.36. The average Bonchev–Trinajstić information content (AvgIpc) is 3.18. The van der Waals surface area contributed by atoms with Crippen molar-refractivity contribution in [2.24, 2.45) is 0 Å². The number of imide groups is 1. The van der Waals surface area contributed by atoms with Crippen LogP contribution in [0.15, 0.2) is 42.5 Å². The number of nitrogens with one attached hydrogen (secondary N) is 1. The molecule has 0 bridgehead atoms. The molecule has 2 aliphatic heterocycles. The number of rotatable bonds is 2. The fraction of sp³-hybridized carbons (Fsp3) is 0.238. The number of benzene rings is 2. The number of halogens is 2. The number of carbonyl (C=O) groups excluding carboxylic acids is 2. The third kappa shape index (κ3) is 2.33. The van der Waals surface area contributed by atoms with E-state index in [4.69, 9.17) is 23.2 Å². The van der Waals surface area contributed by atoms with Gasteiger partial charge in [0.25, 0.3) is 5.91 Å². The minimum Gasteiger partial charge on any atom is -0.356 e. The summed E-state index contributed by atoms with van der Waals surface area (Å²) >= 11 is 12.4. The lowest BCUT2D eigenvalue weighted by Crippen LogP contribution is -2.44. The highest BCUT2D eigenvalue weighted by Gasteiger charge is 2.52. The van der Waals surface area contributed by atoms with Crippen molar-refractivity contribution < 1.29 is 9.59 Å². The number of likely N-dealkylation sites (N-methyl/N-ethyl adjacent to an activating group) is 1. The molecule has 7 heteroatoms. The highest BCUT2D eigenvalue weighted by molar-refractivity contribution is 6.42. The molecule has 1 aromatic heterocycles. The molecule has 2 atom stereocenters. The Morgan fingerprint density at radius 1 is 1.11 bits per heavy atom. The predicted octanol–water partition coefficient (Wildman–Crippen LogP) is 4.77. The van der Waals surface area contributed by atoms with Crippen molar-refractivity contribution in [3.63, 3.8) is 0 Å². The van der Waals surface area contributed by atoms with Crippen LogP contribution in [-0.4, -0.2) is 39.3 Å². The third-order valence-corrected chi connectivity index (χ3v) is 6.45. The van der Waals surface area contributed by atoms with Gasteiger partial charge in [0.15, 0.2) is 0 Å². The van der Waals surface area contributed by atoms with Crippen LogP contribution in [0, 0.1) is 0 Å². The maximum Gasteiger partial charge on any atom is 0.328 e. The quantitative estimate of drug-likeness (QED) is 0.614. The van der Waals surface area contributed by atoms with E-state index in [1.807, 2.05) is 37.3 Å². The lowest BCUT2D eigenvalue weighted by molar-refractivity contribution is -0.128. The zero-order valence-electron chi connectivity index (χ0n) is 15.1. The van der Waals surface area contributed by atoms with Crippen LogP contribution in [0.25, 0.3) is 10.9 Å². The van der Waals surface area contributed by atoms with Crippen molar-refractivity contribution in [2.75, 3.05) is 6.54 Å². The number of aromatic amines is 1. The summed E-state index contributed by atoms with van der Waals surface area (Å²) in [5, 5.41) is 1.95. The largest absolute Gasteiger partial charge is 0.356 e. The molecule has 5 nitrogen and oxygen atoms in total. The van der Waals surface area contributed by atoms with E-state index in [9.17, 15) is 9.59 Å². The molecule has 5 rings (SSSR count). The first-order valence-electron chi connectivity index (χ1n) is 9.19. The molecular weight excluding hydrogens is 397 g/mol. The van der Waals surface area contributed by atoms with E-state index < -0.39 is 12.1 Å². The number of hydrogen-bond acceptors (Lipinski definition) is 2. The molecule has 0 aliphatic carbocycles. The van der Waals surface area contributed by atoms with Crippen molar-refractivity contribution in [2.45, 2.75) is 25.4 Å². The number of H-pyrrole nitrogens is 1. The van der Waals surface area contributed by atoms with E-state index in [-0.39, 0.29) is 11.9 Å². The fourth-order valence-corrected chi connectivity index (χ4v) is 4.76. The van der Waals surface area contributed by atoms with Crippen LogP contribution >= 0.6 is 23.2 Å². The molecule has 1 N–H and O–H groups in total. The summed E-state index contributed by atoms with van der Waals surface area (Å²) in [6.45, 7) is 2.17. The first-order chi connectivity index (χ1) is 13.5. The van der Waals surface area contributed by atoms with Crippen molar-refractivity contribution in [3.05, 3.63) is 69.3 Å². The molecular formula is C21H17Cl2N3O2. The first-order valence-corrected chi connectivity index (χ1v) is 9.95. The molecule has 2 aliphatic rings. The maximum absolute atomic E-state index is 13.1. The molecule has 0 saturated carbocycles. The molecule has 3 amide bonds. The van der Waals surface area contributed by atoms with Crippen LogP contribution < -0.4 is 0 Å².